The van der Waals surface area contributed by atoms with E-state index in [-0.39, 0.29) is 6.61 Å². The minimum Gasteiger partial charge on any atom is -0.472 e. The second-order valence-electron chi connectivity index (χ2n) is 4.02. The van der Waals surface area contributed by atoms with Crippen LogP contribution >= 0.6 is 0 Å². The van der Waals surface area contributed by atoms with Crippen LogP contribution in [0.2, 0.25) is 0 Å². The molecule has 0 fully saturated rings. The molecule has 0 aliphatic carbocycles. The molecule has 0 aliphatic rings. The van der Waals surface area contributed by atoms with E-state index in [1.807, 2.05) is 0 Å². The summed E-state index contributed by atoms with van der Waals surface area (Å²) in [6, 6.07) is 1.78. The average molecular weight is 251 g/mol. The SMILES string of the molecule is CCCN(CCO)Cc1nc(-c2ccoc2)no1. The van der Waals surface area contributed by atoms with E-state index in [1.165, 1.54) is 0 Å². The van der Waals surface area contributed by atoms with E-state index in [9.17, 15) is 0 Å². The first kappa shape index (κ1) is 12.8. The lowest BCUT2D eigenvalue weighted by molar-refractivity contribution is 0.174. The fourth-order valence-corrected chi connectivity index (χ4v) is 1.75. The van der Waals surface area contributed by atoms with Crippen LogP contribution in [-0.2, 0) is 6.54 Å². The van der Waals surface area contributed by atoms with Gasteiger partial charge in [-0.3, -0.25) is 4.90 Å². The zero-order valence-electron chi connectivity index (χ0n) is 10.4. The molecule has 2 rings (SSSR count). The third-order valence-corrected chi connectivity index (χ3v) is 2.56. The Hall–Kier alpha value is -1.66. The number of hydrogen-bond donors (Lipinski definition) is 1. The van der Waals surface area contributed by atoms with Gasteiger partial charge in [0.25, 0.3) is 0 Å². The van der Waals surface area contributed by atoms with E-state index in [4.69, 9.17) is 14.0 Å². The van der Waals surface area contributed by atoms with Crippen LogP contribution in [0.4, 0.5) is 0 Å². The highest BCUT2D eigenvalue weighted by Crippen LogP contribution is 2.16. The van der Waals surface area contributed by atoms with Crippen molar-refractivity contribution in [2.45, 2.75) is 19.9 Å². The van der Waals surface area contributed by atoms with Gasteiger partial charge in [0.05, 0.1) is 25.0 Å². The highest BCUT2D eigenvalue weighted by Gasteiger charge is 2.12. The fourth-order valence-electron chi connectivity index (χ4n) is 1.75. The maximum atomic E-state index is 8.98. The number of aliphatic hydroxyl groups is 1. The summed E-state index contributed by atoms with van der Waals surface area (Å²) in [4.78, 5) is 6.37. The van der Waals surface area contributed by atoms with E-state index in [2.05, 4.69) is 22.0 Å². The van der Waals surface area contributed by atoms with Crippen LogP contribution in [0.25, 0.3) is 11.4 Å². The van der Waals surface area contributed by atoms with E-state index < -0.39 is 0 Å². The summed E-state index contributed by atoms with van der Waals surface area (Å²) >= 11 is 0. The number of hydrogen-bond acceptors (Lipinski definition) is 6. The third kappa shape index (κ3) is 3.18. The molecule has 0 amide bonds. The largest absolute Gasteiger partial charge is 0.472 e. The summed E-state index contributed by atoms with van der Waals surface area (Å²) in [5, 5.41) is 12.9. The third-order valence-electron chi connectivity index (χ3n) is 2.56. The first-order valence-electron chi connectivity index (χ1n) is 6.02. The monoisotopic (exact) mass is 251 g/mol. The molecule has 0 aliphatic heterocycles. The number of aromatic nitrogens is 2. The highest BCUT2D eigenvalue weighted by molar-refractivity contribution is 5.51. The van der Waals surface area contributed by atoms with Gasteiger partial charge in [0.2, 0.25) is 11.7 Å². The predicted octanol–water partition coefficient (Wildman–Crippen LogP) is 1.53. The second-order valence-corrected chi connectivity index (χ2v) is 4.02. The van der Waals surface area contributed by atoms with Gasteiger partial charge in [-0.15, -0.1) is 0 Å². The van der Waals surface area contributed by atoms with E-state index in [0.717, 1.165) is 18.5 Å². The van der Waals surface area contributed by atoms with Gasteiger partial charge in [-0.1, -0.05) is 12.1 Å². The summed E-state index contributed by atoms with van der Waals surface area (Å²) in [7, 11) is 0. The Bertz CT molecular complexity index is 447. The lowest BCUT2D eigenvalue weighted by atomic mass is 10.3. The standard InChI is InChI=1S/C12H17N3O3/c1-2-4-15(5-6-16)8-11-13-12(14-18-11)10-3-7-17-9-10/h3,7,9,16H,2,4-6,8H2,1H3. The molecule has 0 bridgehead atoms. The lowest BCUT2D eigenvalue weighted by Gasteiger charge is -2.17. The Balaban J connectivity index is 2.01. The Labute approximate surface area is 105 Å². The Kier molecular flexibility index (Phi) is 4.49. The fraction of sp³-hybridized carbons (Fsp3) is 0.500. The second kappa shape index (κ2) is 6.32. The van der Waals surface area contributed by atoms with Crippen LogP contribution in [0, 0.1) is 0 Å². The quantitative estimate of drug-likeness (QED) is 0.804. The van der Waals surface area contributed by atoms with E-state index in [0.29, 0.717) is 24.8 Å². The zero-order valence-corrected chi connectivity index (χ0v) is 10.4. The first-order valence-corrected chi connectivity index (χ1v) is 6.02. The number of furan rings is 1. The van der Waals surface area contributed by atoms with Crippen molar-refractivity contribution in [3.05, 3.63) is 24.5 Å². The maximum Gasteiger partial charge on any atom is 0.241 e. The zero-order chi connectivity index (χ0) is 12.8. The molecule has 18 heavy (non-hydrogen) atoms. The molecule has 98 valence electrons. The molecule has 2 heterocycles. The van der Waals surface area contributed by atoms with Gasteiger partial charge < -0.3 is 14.0 Å². The minimum absolute atomic E-state index is 0.128. The molecular formula is C12H17N3O3. The van der Waals surface area contributed by atoms with Crippen molar-refractivity contribution in [1.82, 2.24) is 15.0 Å². The van der Waals surface area contributed by atoms with Crippen LogP contribution in [0.5, 0.6) is 0 Å². The van der Waals surface area contributed by atoms with Crippen LogP contribution in [0.15, 0.2) is 27.5 Å². The molecule has 6 nitrogen and oxygen atoms in total. The van der Waals surface area contributed by atoms with Gasteiger partial charge >= 0.3 is 0 Å². The molecule has 2 aromatic rings. The molecule has 0 spiro atoms. The molecule has 0 saturated heterocycles. The number of aliphatic hydroxyl groups excluding tert-OH is 1. The topological polar surface area (TPSA) is 75.5 Å². The maximum absolute atomic E-state index is 8.98. The first-order chi connectivity index (χ1) is 8.83. The summed E-state index contributed by atoms with van der Waals surface area (Å²) in [5.41, 5.74) is 0.800. The molecule has 1 N–H and O–H groups in total. The molecule has 0 radical (unpaired) electrons. The van der Waals surface area contributed by atoms with Crippen molar-refractivity contribution >= 4 is 0 Å². The average Bonchev–Trinajstić information content (AvgIpc) is 2.98. The summed E-state index contributed by atoms with van der Waals surface area (Å²) in [6.07, 6.45) is 4.16. The molecule has 0 aromatic carbocycles. The highest BCUT2D eigenvalue weighted by atomic mass is 16.5. The van der Waals surface area contributed by atoms with Gasteiger partial charge in [0.1, 0.15) is 6.26 Å². The van der Waals surface area contributed by atoms with E-state index in [1.54, 1.807) is 18.6 Å². The molecule has 6 heteroatoms. The van der Waals surface area contributed by atoms with E-state index >= 15 is 0 Å². The summed E-state index contributed by atoms with van der Waals surface area (Å²) < 4.78 is 10.2. The van der Waals surface area contributed by atoms with Crippen LogP contribution in [0.1, 0.15) is 19.2 Å². The van der Waals surface area contributed by atoms with Crippen molar-refractivity contribution in [3.8, 4) is 11.4 Å². The van der Waals surface area contributed by atoms with Crippen molar-refractivity contribution in [2.24, 2.45) is 0 Å². The van der Waals surface area contributed by atoms with Crippen molar-refractivity contribution in [3.63, 3.8) is 0 Å². The number of nitrogens with zero attached hydrogens (tertiary/aromatic N) is 3. The Morgan fingerprint density at radius 1 is 1.39 bits per heavy atom. The van der Waals surface area contributed by atoms with Crippen LogP contribution in [0.3, 0.4) is 0 Å². The Morgan fingerprint density at radius 2 is 2.28 bits per heavy atom. The van der Waals surface area contributed by atoms with Crippen LogP contribution in [-0.4, -0.2) is 39.8 Å². The Morgan fingerprint density at radius 3 is 2.94 bits per heavy atom. The summed E-state index contributed by atoms with van der Waals surface area (Å²) in [5.74, 6) is 1.08. The van der Waals surface area contributed by atoms with Gasteiger partial charge in [0, 0.05) is 6.54 Å². The number of rotatable bonds is 7. The normalized spacial score (nSPS) is 11.3. The van der Waals surface area contributed by atoms with Crippen molar-refractivity contribution in [1.29, 1.82) is 0 Å². The van der Waals surface area contributed by atoms with Gasteiger partial charge in [-0.25, -0.2) is 0 Å². The predicted molar refractivity (Wildman–Crippen MR) is 64.7 cm³/mol. The van der Waals surface area contributed by atoms with Gasteiger partial charge in [-0.05, 0) is 19.0 Å². The molecular weight excluding hydrogens is 234 g/mol. The molecule has 2 aromatic heterocycles. The summed E-state index contributed by atoms with van der Waals surface area (Å²) in [6.45, 7) is 4.28. The smallest absolute Gasteiger partial charge is 0.241 e. The molecule has 0 saturated carbocycles. The van der Waals surface area contributed by atoms with Crippen molar-refractivity contribution < 1.29 is 14.0 Å². The van der Waals surface area contributed by atoms with Crippen molar-refractivity contribution in [2.75, 3.05) is 19.7 Å². The van der Waals surface area contributed by atoms with Gasteiger partial charge in [0.15, 0.2) is 0 Å². The molecule has 0 unspecified atom stereocenters. The molecule has 0 atom stereocenters. The van der Waals surface area contributed by atoms with Gasteiger partial charge in [-0.2, -0.15) is 4.98 Å². The minimum atomic E-state index is 0.128. The van der Waals surface area contributed by atoms with Crippen LogP contribution < -0.4 is 0 Å². The lowest BCUT2D eigenvalue weighted by Crippen LogP contribution is -2.27.